The number of nitrogens with one attached hydrogen (secondary N) is 2. The number of rotatable bonds is 6. The molecular formula is C22H25F3N4O2. The second-order valence-electron chi connectivity index (χ2n) is 7.58. The topological polar surface area (TPSA) is 73.8 Å². The third-order valence-electron chi connectivity index (χ3n) is 4.88. The number of allylic oxidation sites excluding steroid dienone is 2. The van der Waals surface area contributed by atoms with Crippen molar-refractivity contribution in [1.82, 2.24) is 10.6 Å². The van der Waals surface area contributed by atoms with Crippen LogP contribution < -0.4 is 15.5 Å². The Labute approximate surface area is 178 Å². The zero-order valence-electron chi connectivity index (χ0n) is 17.4. The van der Waals surface area contributed by atoms with Gasteiger partial charge in [-0.25, -0.2) is 0 Å². The summed E-state index contributed by atoms with van der Waals surface area (Å²) in [7, 11) is 0. The number of aliphatic imine (C=N–C) groups is 1. The maximum atomic E-state index is 12.8. The van der Waals surface area contributed by atoms with E-state index in [1.807, 2.05) is 36.2 Å². The zero-order chi connectivity index (χ0) is 22.6. The first-order valence-electron chi connectivity index (χ1n) is 10.1. The Morgan fingerprint density at radius 3 is 2.45 bits per heavy atom. The summed E-state index contributed by atoms with van der Waals surface area (Å²) in [4.78, 5) is 31.3. The van der Waals surface area contributed by atoms with Crippen LogP contribution >= 0.6 is 0 Å². The minimum Gasteiger partial charge on any atom is -0.348 e. The standard InChI is InChI=1S/C22H25F3N4O2/c1-3-4-18-19(21(31)28-16-7-8-16)27-14(2)11-12-29(18)17-9-5-15(6-10-17)20(30)26-13-22(23,24)25/h3-6,9-10,16H,7-8,11-13H2,1-2H3,(H,26,30)(H,28,31)/b4-3+. The summed E-state index contributed by atoms with van der Waals surface area (Å²) in [6.07, 6.45) is 1.72. The molecule has 0 radical (unpaired) electrons. The molecule has 0 bridgehead atoms. The first-order chi connectivity index (χ1) is 14.7. The number of carbonyl (C=O) groups excluding carboxylic acids is 2. The second kappa shape index (κ2) is 9.36. The van der Waals surface area contributed by atoms with Crippen LogP contribution in [0.1, 0.15) is 43.5 Å². The maximum absolute atomic E-state index is 12.8. The molecule has 6 nitrogen and oxygen atoms in total. The number of nitrogens with zero attached hydrogens (tertiary/aromatic N) is 2. The van der Waals surface area contributed by atoms with Crippen LogP contribution in [-0.4, -0.2) is 42.8 Å². The van der Waals surface area contributed by atoms with Gasteiger partial charge in [0.2, 0.25) is 0 Å². The Balaban J connectivity index is 1.87. The molecule has 31 heavy (non-hydrogen) atoms. The summed E-state index contributed by atoms with van der Waals surface area (Å²) in [5.74, 6) is -1.03. The Kier molecular flexibility index (Phi) is 6.82. The predicted octanol–water partition coefficient (Wildman–Crippen LogP) is 3.72. The van der Waals surface area contributed by atoms with Gasteiger partial charge in [-0.15, -0.1) is 0 Å². The number of anilines is 1. The molecule has 166 valence electrons. The Hall–Kier alpha value is -3.10. The Bertz CT molecular complexity index is 929. The highest BCUT2D eigenvalue weighted by Crippen LogP contribution is 2.28. The van der Waals surface area contributed by atoms with Gasteiger partial charge in [0.15, 0.2) is 5.70 Å². The predicted molar refractivity (Wildman–Crippen MR) is 113 cm³/mol. The second-order valence-corrected chi connectivity index (χ2v) is 7.58. The average molecular weight is 434 g/mol. The molecule has 2 N–H and O–H groups in total. The number of hydrogen-bond donors (Lipinski definition) is 2. The molecule has 0 unspecified atom stereocenters. The molecule has 1 aromatic carbocycles. The fourth-order valence-corrected chi connectivity index (χ4v) is 3.14. The van der Waals surface area contributed by atoms with E-state index in [0.29, 0.717) is 30.0 Å². The number of halogens is 3. The minimum atomic E-state index is -4.47. The van der Waals surface area contributed by atoms with Gasteiger partial charge in [0, 0.05) is 36.0 Å². The average Bonchev–Trinajstić information content (AvgIpc) is 3.54. The summed E-state index contributed by atoms with van der Waals surface area (Å²) < 4.78 is 37.0. The summed E-state index contributed by atoms with van der Waals surface area (Å²) in [6, 6.07) is 6.44. The summed E-state index contributed by atoms with van der Waals surface area (Å²) in [5, 5.41) is 4.83. The van der Waals surface area contributed by atoms with E-state index in [4.69, 9.17) is 0 Å². The summed E-state index contributed by atoms with van der Waals surface area (Å²) in [6.45, 7) is 2.89. The normalized spacial score (nSPS) is 17.5. The number of carbonyl (C=O) groups is 2. The number of hydrogen-bond acceptors (Lipinski definition) is 4. The van der Waals surface area contributed by atoms with Crippen molar-refractivity contribution in [1.29, 1.82) is 0 Å². The number of amides is 2. The lowest BCUT2D eigenvalue weighted by molar-refractivity contribution is -0.123. The van der Waals surface area contributed by atoms with Gasteiger partial charge in [0.25, 0.3) is 11.8 Å². The van der Waals surface area contributed by atoms with Crippen LogP contribution in [0.3, 0.4) is 0 Å². The Morgan fingerprint density at radius 2 is 1.87 bits per heavy atom. The molecule has 0 saturated heterocycles. The van der Waals surface area contributed by atoms with Crippen molar-refractivity contribution in [2.75, 3.05) is 18.0 Å². The van der Waals surface area contributed by atoms with Crippen LogP contribution in [0, 0.1) is 0 Å². The van der Waals surface area contributed by atoms with Crippen molar-refractivity contribution >= 4 is 23.2 Å². The van der Waals surface area contributed by atoms with E-state index < -0.39 is 18.6 Å². The van der Waals surface area contributed by atoms with Gasteiger partial charge in [-0.3, -0.25) is 14.6 Å². The molecule has 0 spiro atoms. The fourth-order valence-electron chi connectivity index (χ4n) is 3.14. The molecule has 2 amide bonds. The van der Waals surface area contributed by atoms with Crippen LogP contribution in [0.15, 0.2) is 52.8 Å². The molecule has 9 heteroatoms. The van der Waals surface area contributed by atoms with Gasteiger partial charge in [0.1, 0.15) is 6.54 Å². The number of alkyl halides is 3. The molecule has 1 aromatic rings. The van der Waals surface area contributed by atoms with Gasteiger partial charge in [0.05, 0.1) is 5.70 Å². The molecule has 1 aliphatic heterocycles. The van der Waals surface area contributed by atoms with E-state index in [0.717, 1.165) is 18.6 Å². The van der Waals surface area contributed by atoms with E-state index >= 15 is 0 Å². The first kappa shape index (κ1) is 22.6. The molecule has 1 fully saturated rings. The molecule has 1 heterocycles. The SMILES string of the molecule is C/C=C/C1=C(C(=O)NC2CC2)N=C(C)CCN1c1ccc(C(=O)NCC(F)(F)F)cc1. The fraction of sp³-hybridized carbons (Fsp3) is 0.409. The van der Waals surface area contributed by atoms with Gasteiger partial charge in [-0.2, -0.15) is 13.2 Å². The summed E-state index contributed by atoms with van der Waals surface area (Å²) >= 11 is 0. The van der Waals surface area contributed by atoms with Gasteiger partial charge in [-0.1, -0.05) is 6.08 Å². The van der Waals surface area contributed by atoms with Crippen LogP contribution in [0.2, 0.25) is 0 Å². The van der Waals surface area contributed by atoms with Crippen molar-refractivity contribution in [2.24, 2.45) is 4.99 Å². The summed E-state index contributed by atoms with van der Waals surface area (Å²) in [5.41, 5.74) is 2.62. The first-order valence-corrected chi connectivity index (χ1v) is 10.1. The van der Waals surface area contributed by atoms with Gasteiger partial charge >= 0.3 is 6.18 Å². The molecule has 2 aliphatic rings. The van der Waals surface area contributed by atoms with Crippen molar-refractivity contribution in [3.05, 3.63) is 53.4 Å². The van der Waals surface area contributed by atoms with E-state index in [9.17, 15) is 22.8 Å². The van der Waals surface area contributed by atoms with Crippen LogP contribution in [0.25, 0.3) is 0 Å². The van der Waals surface area contributed by atoms with Gasteiger partial charge < -0.3 is 15.5 Å². The molecular weight excluding hydrogens is 409 g/mol. The molecule has 3 rings (SSSR count). The maximum Gasteiger partial charge on any atom is 0.405 e. The van der Waals surface area contributed by atoms with Crippen molar-refractivity contribution in [3.8, 4) is 0 Å². The van der Waals surface area contributed by atoms with Crippen molar-refractivity contribution in [3.63, 3.8) is 0 Å². The lowest BCUT2D eigenvalue weighted by atomic mass is 10.1. The van der Waals surface area contributed by atoms with E-state index in [-0.39, 0.29) is 17.5 Å². The van der Waals surface area contributed by atoms with E-state index in [1.54, 1.807) is 12.1 Å². The van der Waals surface area contributed by atoms with Crippen molar-refractivity contribution < 1.29 is 22.8 Å². The highest BCUT2D eigenvalue weighted by molar-refractivity contribution is 6.00. The van der Waals surface area contributed by atoms with Gasteiger partial charge in [-0.05, 0) is 57.0 Å². The molecule has 1 aliphatic carbocycles. The molecule has 0 aromatic heterocycles. The van der Waals surface area contributed by atoms with Crippen molar-refractivity contribution in [2.45, 2.75) is 45.3 Å². The smallest absolute Gasteiger partial charge is 0.348 e. The zero-order valence-corrected chi connectivity index (χ0v) is 17.4. The lowest BCUT2D eigenvalue weighted by Gasteiger charge is -2.26. The third kappa shape index (κ3) is 6.19. The highest BCUT2D eigenvalue weighted by atomic mass is 19.4. The van der Waals surface area contributed by atoms with Crippen LogP contribution in [-0.2, 0) is 4.79 Å². The van der Waals surface area contributed by atoms with E-state index in [2.05, 4.69) is 10.3 Å². The third-order valence-corrected chi connectivity index (χ3v) is 4.88. The lowest BCUT2D eigenvalue weighted by Crippen LogP contribution is -2.33. The van der Waals surface area contributed by atoms with Crippen LogP contribution in [0.5, 0.6) is 0 Å². The van der Waals surface area contributed by atoms with Crippen LogP contribution in [0.4, 0.5) is 18.9 Å². The minimum absolute atomic E-state index is 0.124. The highest BCUT2D eigenvalue weighted by Gasteiger charge is 2.29. The molecule has 1 saturated carbocycles. The molecule has 0 atom stereocenters. The quantitative estimate of drug-likeness (QED) is 0.717. The number of benzene rings is 1. The monoisotopic (exact) mass is 434 g/mol. The Morgan fingerprint density at radius 1 is 1.19 bits per heavy atom. The van der Waals surface area contributed by atoms with E-state index in [1.165, 1.54) is 12.1 Å². The largest absolute Gasteiger partial charge is 0.405 e.